The maximum atomic E-state index is 13.1. The van der Waals surface area contributed by atoms with E-state index in [-0.39, 0.29) is 18.4 Å². The van der Waals surface area contributed by atoms with Gasteiger partial charge in [0.15, 0.2) is 6.61 Å². The number of nitrogens with zero attached hydrogens (tertiary/aromatic N) is 1. The van der Waals surface area contributed by atoms with Crippen LogP contribution in [-0.2, 0) is 16.1 Å². The Bertz CT molecular complexity index is 825. The van der Waals surface area contributed by atoms with Crippen molar-refractivity contribution in [1.29, 1.82) is 0 Å². The number of para-hydroxylation sites is 1. The van der Waals surface area contributed by atoms with Gasteiger partial charge in [-0.25, -0.2) is 0 Å². The highest BCUT2D eigenvalue weighted by Gasteiger charge is 2.28. The first-order valence-electron chi connectivity index (χ1n) is 9.96. The summed E-state index contributed by atoms with van der Waals surface area (Å²) < 4.78 is 5.64. The van der Waals surface area contributed by atoms with Crippen LogP contribution in [0.1, 0.15) is 37.8 Å². The van der Waals surface area contributed by atoms with Gasteiger partial charge in [-0.3, -0.25) is 9.59 Å². The van der Waals surface area contributed by atoms with Gasteiger partial charge in [0.2, 0.25) is 5.91 Å². The lowest BCUT2D eigenvalue weighted by Gasteiger charge is -2.30. The molecule has 0 fully saturated rings. The van der Waals surface area contributed by atoms with E-state index in [1.54, 1.807) is 29.2 Å². The van der Waals surface area contributed by atoms with E-state index in [1.165, 1.54) is 0 Å². The van der Waals surface area contributed by atoms with Crippen molar-refractivity contribution in [1.82, 2.24) is 10.2 Å². The molecule has 0 bridgehead atoms. The lowest BCUT2D eigenvalue weighted by Crippen LogP contribution is -2.50. The smallest absolute Gasteiger partial charge is 0.261 e. The third kappa shape index (κ3) is 6.79. The zero-order chi connectivity index (χ0) is 21.2. The molecular weight excluding hydrogens is 388 g/mol. The fourth-order valence-corrected chi connectivity index (χ4v) is 3.27. The molecule has 29 heavy (non-hydrogen) atoms. The minimum absolute atomic E-state index is 0.145. The Kier molecular flexibility index (Phi) is 9.00. The van der Waals surface area contributed by atoms with Crippen molar-refractivity contribution in [2.24, 2.45) is 0 Å². The second-order valence-electron chi connectivity index (χ2n) is 6.94. The minimum atomic E-state index is -0.565. The molecule has 2 rings (SSSR count). The Morgan fingerprint density at radius 1 is 1.14 bits per heavy atom. The summed E-state index contributed by atoms with van der Waals surface area (Å²) in [6.07, 6.45) is 1.35. The first-order valence-corrected chi connectivity index (χ1v) is 10.3. The van der Waals surface area contributed by atoms with Gasteiger partial charge < -0.3 is 15.0 Å². The van der Waals surface area contributed by atoms with Crippen molar-refractivity contribution in [2.75, 3.05) is 13.2 Å². The zero-order valence-electron chi connectivity index (χ0n) is 17.3. The van der Waals surface area contributed by atoms with E-state index in [4.69, 9.17) is 16.3 Å². The van der Waals surface area contributed by atoms with Gasteiger partial charge in [-0.2, -0.15) is 0 Å². The van der Waals surface area contributed by atoms with Crippen LogP contribution in [0.3, 0.4) is 0 Å². The number of ether oxygens (including phenoxy) is 1. The van der Waals surface area contributed by atoms with E-state index in [0.717, 1.165) is 17.5 Å². The Morgan fingerprint density at radius 3 is 2.55 bits per heavy atom. The third-order valence-electron chi connectivity index (χ3n) is 4.56. The highest BCUT2D eigenvalue weighted by Crippen LogP contribution is 2.23. The molecule has 1 N–H and O–H groups in total. The van der Waals surface area contributed by atoms with Crippen molar-refractivity contribution in [3.63, 3.8) is 0 Å². The summed E-state index contributed by atoms with van der Waals surface area (Å²) in [5.41, 5.74) is 2.07. The average molecular weight is 417 g/mol. The molecule has 2 amide bonds. The fourth-order valence-electron chi connectivity index (χ4n) is 3.08. The van der Waals surface area contributed by atoms with Crippen LogP contribution in [0.15, 0.2) is 48.5 Å². The van der Waals surface area contributed by atoms with E-state index in [2.05, 4.69) is 5.32 Å². The van der Waals surface area contributed by atoms with Crippen LogP contribution < -0.4 is 10.1 Å². The van der Waals surface area contributed by atoms with Gasteiger partial charge in [-0.15, -0.1) is 0 Å². The van der Waals surface area contributed by atoms with Gasteiger partial charge in [-0.1, -0.05) is 67.4 Å². The maximum Gasteiger partial charge on any atom is 0.261 e. The molecule has 5 nitrogen and oxygen atoms in total. The van der Waals surface area contributed by atoms with Crippen molar-refractivity contribution in [3.05, 3.63) is 64.7 Å². The molecule has 2 aromatic rings. The Morgan fingerprint density at radius 2 is 1.90 bits per heavy atom. The van der Waals surface area contributed by atoms with Gasteiger partial charge in [0.05, 0.1) is 5.02 Å². The van der Waals surface area contributed by atoms with E-state index >= 15 is 0 Å². The topological polar surface area (TPSA) is 58.6 Å². The molecule has 2 aromatic carbocycles. The molecule has 0 aliphatic carbocycles. The number of carbonyl (C=O) groups is 2. The predicted octanol–water partition coefficient (Wildman–Crippen LogP) is 4.36. The number of nitrogens with one attached hydrogen (secondary N) is 1. The van der Waals surface area contributed by atoms with Crippen LogP contribution in [0.5, 0.6) is 5.75 Å². The van der Waals surface area contributed by atoms with Crippen LogP contribution in [0, 0.1) is 6.92 Å². The molecule has 1 atom stereocenters. The number of rotatable bonds is 10. The third-order valence-corrected chi connectivity index (χ3v) is 4.87. The quantitative estimate of drug-likeness (QED) is 0.626. The van der Waals surface area contributed by atoms with Crippen molar-refractivity contribution in [2.45, 2.75) is 46.2 Å². The number of amides is 2. The lowest BCUT2D eigenvalue weighted by atomic mass is 10.1. The van der Waals surface area contributed by atoms with Gasteiger partial charge in [-0.05, 0) is 37.5 Å². The molecule has 156 valence electrons. The fraction of sp³-hybridized carbons (Fsp3) is 0.391. The van der Waals surface area contributed by atoms with Crippen molar-refractivity contribution >= 4 is 23.4 Å². The van der Waals surface area contributed by atoms with Crippen molar-refractivity contribution in [3.8, 4) is 5.75 Å². The Hall–Kier alpha value is -2.53. The number of aryl methyl sites for hydroxylation is 1. The maximum absolute atomic E-state index is 13.1. The molecule has 0 aliphatic rings. The molecule has 0 spiro atoms. The van der Waals surface area contributed by atoms with Gasteiger partial charge in [0, 0.05) is 13.1 Å². The van der Waals surface area contributed by atoms with Crippen molar-refractivity contribution < 1.29 is 14.3 Å². The largest absolute Gasteiger partial charge is 0.482 e. The highest BCUT2D eigenvalue weighted by atomic mass is 35.5. The standard InChI is InChI=1S/C23H29ClN2O3/c1-4-13-25-23(28)20(5-2)26(15-18-10-8-9-17(3)14-18)22(27)16-29-21-12-7-6-11-19(21)24/h6-12,14,20H,4-5,13,15-16H2,1-3H3,(H,25,28). The predicted molar refractivity (Wildman–Crippen MR) is 116 cm³/mol. The molecule has 0 saturated heterocycles. The molecule has 0 heterocycles. The van der Waals surface area contributed by atoms with E-state index < -0.39 is 6.04 Å². The number of carbonyl (C=O) groups excluding carboxylic acids is 2. The second kappa shape index (κ2) is 11.5. The molecule has 1 unspecified atom stereocenters. The Labute approximate surface area is 178 Å². The molecule has 0 aromatic heterocycles. The number of hydrogen-bond acceptors (Lipinski definition) is 3. The summed E-state index contributed by atoms with van der Waals surface area (Å²) >= 11 is 6.12. The first-order chi connectivity index (χ1) is 14.0. The van der Waals surface area contributed by atoms with E-state index in [1.807, 2.05) is 45.0 Å². The second-order valence-corrected chi connectivity index (χ2v) is 7.35. The molecule has 6 heteroatoms. The highest BCUT2D eigenvalue weighted by molar-refractivity contribution is 6.32. The van der Waals surface area contributed by atoms with Crippen LogP contribution in [0.4, 0.5) is 0 Å². The molecule has 0 saturated carbocycles. The van der Waals surface area contributed by atoms with Gasteiger partial charge >= 0.3 is 0 Å². The summed E-state index contributed by atoms with van der Waals surface area (Å²) in [6.45, 7) is 6.63. The van der Waals surface area contributed by atoms with Crippen LogP contribution in [0.25, 0.3) is 0 Å². The van der Waals surface area contributed by atoms with Gasteiger partial charge in [0.25, 0.3) is 5.91 Å². The van der Waals surface area contributed by atoms with E-state index in [0.29, 0.717) is 30.3 Å². The van der Waals surface area contributed by atoms with E-state index in [9.17, 15) is 9.59 Å². The minimum Gasteiger partial charge on any atom is -0.482 e. The molecule has 0 radical (unpaired) electrons. The summed E-state index contributed by atoms with van der Waals surface area (Å²) in [6, 6.07) is 14.4. The summed E-state index contributed by atoms with van der Waals surface area (Å²) in [5, 5.41) is 3.35. The summed E-state index contributed by atoms with van der Waals surface area (Å²) in [4.78, 5) is 27.4. The molecular formula is C23H29ClN2O3. The monoisotopic (exact) mass is 416 g/mol. The van der Waals surface area contributed by atoms with Gasteiger partial charge in [0.1, 0.15) is 11.8 Å². The molecule has 0 aliphatic heterocycles. The first kappa shape index (κ1) is 22.8. The number of benzene rings is 2. The number of halogens is 1. The summed E-state index contributed by atoms with van der Waals surface area (Å²) in [5.74, 6) is 0.0412. The SMILES string of the molecule is CCCNC(=O)C(CC)N(Cc1cccc(C)c1)C(=O)COc1ccccc1Cl. The zero-order valence-corrected chi connectivity index (χ0v) is 18.0. The van der Waals surface area contributed by atoms with Crippen LogP contribution in [0.2, 0.25) is 5.02 Å². The average Bonchev–Trinajstić information content (AvgIpc) is 2.71. The normalized spacial score (nSPS) is 11.6. The lowest BCUT2D eigenvalue weighted by molar-refractivity contribution is -0.143. The number of hydrogen-bond donors (Lipinski definition) is 1. The van der Waals surface area contributed by atoms with Crippen LogP contribution >= 0.6 is 11.6 Å². The Balaban J connectivity index is 2.20. The summed E-state index contributed by atoms with van der Waals surface area (Å²) in [7, 11) is 0. The van der Waals surface area contributed by atoms with Crippen LogP contribution in [-0.4, -0.2) is 35.9 Å².